The van der Waals surface area contributed by atoms with Gasteiger partial charge in [0.2, 0.25) is 0 Å². The smallest absolute Gasteiger partial charge is 0.0808 e. The second kappa shape index (κ2) is 2.77. The minimum atomic E-state index is -0.444. The molecule has 1 aliphatic carbocycles. The molecule has 0 nitrogen and oxygen atoms in total. The largest absolute Gasteiger partial charge is 0.113 e. The van der Waals surface area contributed by atoms with Crippen LogP contribution in [0.15, 0.2) is 22.2 Å². The van der Waals surface area contributed by atoms with Gasteiger partial charge in [-0.2, -0.15) is 0 Å². The Kier molecular flexibility index (Phi) is 2.34. The third-order valence-electron chi connectivity index (χ3n) is 1.44. The number of allylic oxidation sites excluding steroid dienone is 4. The molecule has 0 aliphatic heterocycles. The van der Waals surface area contributed by atoms with Crippen LogP contribution < -0.4 is 0 Å². The van der Waals surface area contributed by atoms with Crippen LogP contribution >= 0.6 is 34.8 Å². The average Bonchev–Trinajstić information content (AvgIpc) is 1.81. The summed E-state index contributed by atoms with van der Waals surface area (Å²) in [6.07, 6.45) is 4.24. The van der Waals surface area contributed by atoms with Gasteiger partial charge in [0, 0.05) is 10.1 Å². The lowest BCUT2D eigenvalue weighted by atomic mass is 10.0. The highest BCUT2D eigenvalue weighted by Gasteiger charge is 2.26. The van der Waals surface area contributed by atoms with Crippen LogP contribution in [0.1, 0.15) is 13.3 Å². The summed E-state index contributed by atoms with van der Waals surface area (Å²) in [4.78, 5) is -0.444. The second-order valence-electron chi connectivity index (χ2n) is 2.48. The van der Waals surface area contributed by atoms with E-state index in [9.17, 15) is 0 Å². The van der Waals surface area contributed by atoms with Crippen LogP contribution in [0.3, 0.4) is 0 Å². The van der Waals surface area contributed by atoms with Gasteiger partial charge in [0.15, 0.2) is 0 Å². The zero-order valence-corrected chi connectivity index (χ0v) is 7.76. The Morgan fingerprint density at radius 1 is 1.50 bits per heavy atom. The first-order chi connectivity index (χ1) is 4.52. The normalized spacial score (nSPS) is 33.2. The minimum Gasteiger partial charge on any atom is -0.113 e. The predicted molar refractivity (Wildman–Crippen MR) is 46.7 cm³/mol. The lowest BCUT2D eigenvalue weighted by Gasteiger charge is -2.22. The zero-order valence-electron chi connectivity index (χ0n) is 5.50. The molecule has 0 aromatic carbocycles. The summed E-state index contributed by atoms with van der Waals surface area (Å²) in [6.45, 7) is 1.87. The molecule has 0 spiro atoms. The molecular weight excluding hydrogens is 190 g/mol. The van der Waals surface area contributed by atoms with Crippen LogP contribution in [0, 0.1) is 0 Å². The third-order valence-corrected chi connectivity index (χ3v) is 2.69. The van der Waals surface area contributed by atoms with Gasteiger partial charge in [-0.15, -0.1) is 11.6 Å². The van der Waals surface area contributed by atoms with Crippen molar-refractivity contribution in [3.63, 3.8) is 0 Å². The van der Waals surface area contributed by atoms with Crippen molar-refractivity contribution >= 4 is 34.8 Å². The fourth-order valence-electron chi connectivity index (χ4n) is 0.717. The van der Waals surface area contributed by atoms with E-state index in [-0.39, 0.29) is 0 Å². The van der Waals surface area contributed by atoms with Gasteiger partial charge in [0.05, 0.1) is 4.87 Å². The topological polar surface area (TPSA) is 0 Å². The molecule has 0 saturated carbocycles. The minimum absolute atomic E-state index is 0.444. The zero-order chi connectivity index (χ0) is 7.78. The van der Waals surface area contributed by atoms with Gasteiger partial charge in [-0.1, -0.05) is 29.3 Å². The number of rotatable bonds is 0. The van der Waals surface area contributed by atoms with E-state index in [1.165, 1.54) is 0 Å². The lowest BCUT2D eigenvalue weighted by Crippen LogP contribution is -2.17. The lowest BCUT2D eigenvalue weighted by molar-refractivity contribution is 0.766. The van der Waals surface area contributed by atoms with Gasteiger partial charge in [-0.25, -0.2) is 0 Å². The highest BCUT2D eigenvalue weighted by atomic mass is 35.5. The summed E-state index contributed by atoms with van der Waals surface area (Å²) in [6, 6.07) is 0. The van der Waals surface area contributed by atoms with E-state index in [0.29, 0.717) is 16.5 Å². The average molecular weight is 197 g/mol. The molecule has 0 bridgehead atoms. The van der Waals surface area contributed by atoms with Crippen molar-refractivity contribution in [1.82, 2.24) is 0 Å². The van der Waals surface area contributed by atoms with E-state index in [1.54, 1.807) is 6.08 Å². The van der Waals surface area contributed by atoms with Crippen LogP contribution in [0.25, 0.3) is 0 Å². The summed E-state index contributed by atoms with van der Waals surface area (Å²) in [5.74, 6) is 0. The van der Waals surface area contributed by atoms with Crippen molar-refractivity contribution < 1.29 is 0 Å². The van der Waals surface area contributed by atoms with E-state index < -0.39 is 4.87 Å². The molecule has 0 amide bonds. The summed E-state index contributed by atoms with van der Waals surface area (Å²) >= 11 is 17.5. The molecule has 1 unspecified atom stereocenters. The Balaban J connectivity index is 2.88. The van der Waals surface area contributed by atoms with E-state index in [1.807, 2.05) is 13.0 Å². The Morgan fingerprint density at radius 3 is 2.50 bits per heavy atom. The van der Waals surface area contributed by atoms with Crippen LogP contribution in [0.5, 0.6) is 0 Å². The summed E-state index contributed by atoms with van der Waals surface area (Å²) in [7, 11) is 0. The Labute approximate surface area is 75.5 Å². The summed E-state index contributed by atoms with van der Waals surface area (Å²) in [5, 5.41) is 1.28. The van der Waals surface area contributed by atoms with Crippen molar-refractivity contribution in [3.05, 3.63) is 22.2 Å². The summed E-state index contributed by atoms with van der Waals surface area (Å²) < 4.78 is 0. The quantitative estimate of drug-likeness (QED) is 0.520. The van der Waals surface area contributed by atoms with E-state index >= 15 is 0 Å². The molecule has 1 atom stereocenters. The van der Waals surface area contributed by atoms with Crippen LogP contribution in [-0.4, -0.2) is 4.87 Å². The third kappa shape index (κ3) is 1.69. The molecule has 3 heteroatoms. The molecule has 56 valence electrons. The Morgan fingerprint density at radius 2 is 2.10 bits per heavy atom. The van der Waals surface area contributed by atoms with Crippen molar-refractivity contribution in [3.8, 4) is 0 Å². The molecule has 1 aliphatic rings. The molecule has 0 N–H and O–H groups in total. The van der Waals surface area contributed by atoms with Crippen LogP contribution in [0.2, 0.25) is 0 Å². The Hall–Kier alpha value is 0.350. The highest BCUT2D eigenvalue weighted by molar-refractivity contribution is 6.41. The standard InChI is InChI=1S/C7H7Cl3/c1-7(10)3-2-5(8)4-6(7)9/h2,4H,3H2,1H3. The molecule has 0 radical (unpaired) electrons. The maximum atomic E-state index is 5.98. The highest BCUT2D eigenvalue weighted by Crippen LogP contribution is 2.36. The first-order valence-corrected chi connectivity index (χ1v) is 4.08. The van der Waals surface area contributed by atoms with Gasteiger partial charge in [-0.05, 0) is 19.4 Å². The number of halogens is 3. The van der Waals surface area contributed by atoms with Crippen molar-refractivity contribution in [2.75, 3.05) is 0 Å². The molecule has 10 heavy (non-hydrogen) atoms. The van der Waals surface area contributed by atoms with Crippen molar-refractivity contribution in [2.45, 2.75) is 18.2 Å². The van der Waals surface area contributed by atoms with Gasteiger partial charge in [0.25, 0.3) is 0 Å². The van der Waals surface area contributed by atoms with Crippen molar-refractivity contribution in [2.24, 2.45) is 0 Å². The first-order valence-electron chi connectivity index (χ1n) is 2.94. The predicted octanol–water partition coefficient (Wildman–Crippen LogP) is 3.63. The van der Waals surface area contributed by atoms with Gasteiger partial charge >= 0.3 is 0 Å². The molecule has 0 aromatic rings. The van der Waals surface area contributed by atoms with E-state index in [4.69, 9.17) is 34.8 Å². The van der Waals surface area contributed by atoms with Gasteiger partial charge in [0.1, 0.15) is 0 Å². The number of hydrogen-bond acceptors (Lipinski definition) is 0. The fraction of sp³-hybridized carbons (Fsp3) is 0.429. The number of hydrogen-bond donors (Lipinski definition) is 0. The molecule has 0 heterocycles. The number of alkyl halides is 1. The van der Waals surface area contributed by atoms with Crippen molar-refractivity contribution in [1.29, 1.82) is 0 Å². The molecule has 0 aromatic heterocycles. The second-order valence-corrected chi connectivity index (χ2v) is 4.16. The molecular formula is C7H7Cl3. The monoisotopic (exact) mass is 196 g/mol. The van der Waals surface area contributed by atoms with E-state index in [2.05, 4.69) is 0 Å². The SMILES string of the molecule is CC1(Cl)CC=C(Cl)C=C1Cl. The maximum Gasteiger partial charge on any atom is 0.0808 e. The van der Waals surface area contributed by atoms with E-state index in [0.717, 1.165) is 0 Å². The van der Waals surface area contributed by atoms with Crippen LogP contribution in [0.4, 0.5) is 0 Å². The first kappa shape index (κ1) is 8.45. The fourth-order valence-corrected chi connectivity index (χ4v) is 1.29. The maximum absolute atomic E-state index is 5.98. The molecule has 1 rings (SSSR count). The van der Waals surface area contributed by atoms with Crippen LogP contribution in [-0.2, 0) is 0 Å². The van der Waals surface area contributed by atoms with Gasteiger partial charge in [-0.3, -0.25) is 0 Å². The van der Waals surface area contributed by atoms with Gasteiger partial charge < -0.3 is 0 Å². The summed E-state index contributed by atoms with van der Waals surface area (Å²) in [5.41, 5.74) is 0. The Bertz CT molecular complexity index is 201. The molecule has 0 fully saturated rings. The molecule has 0 saturated heterocycles.